The quantitative estimate of drug-likeness (QED) is 0.173. The second-order valence-electron chi connectivity index (χ2n) is 8.32. The highest BCUT2D eigenvalue weighted by Crippen LogP contribution is 2.55. The number of isothiocyanates is 2. The predicted octanol–water partition coefficient (Wildman–Crippen LogP) is 8.46. The van der Waals surface area contributed by atoms with E-state index >= 15 is 4.39 Å². The third-order valence-corrected chi connectivity index (χ3v) is 6.62. The first-order chi connectivity index (χ1) is 18.2. The first-order valence-corrected chi connectivity index (χ1v) is 12.0. The summed E-state index contributed by atoms with van der Waals surface area (Å²) in [4.78, 5) is 19.3. The van der Waals surface area contributed by atoms with Gasteiger partial charge in [-0.05, 0) is 73.0 Å². The van der Waals surface area contributed by atoms with Crippen LogP contribution in [0.15, 0.2) is 82.8 Å². The molecule has 0 radical (unpaired) electrons. The van der Waals surface area contributed by atoms with Crippen molar-refractivity contribution in [2.24, 2.45) is 9.98 Å². The van der Waals surface area contributed by atoms with Crippen LogP contribution in [0.4, 0.5) is 33.1 Å². The molecule has 0 atom stereocenters. The summed E-state index contributed by atoms with van der Waals surface area (Å²) >= 11 is 9.54. The average molecular weight is 518 g/mol. The van der Waals surface area contributed by atoms with Crippen LogP contribution in [0.2, 0.25) is 0 Å². The number of benzene rings is 4. The summed E-state index contributed by atoms with van der Waals surface area (Å²) in [6, 6.07) is 22.4. The van der Waals surface area contributed by atoms with Gasteiger partial charge in [-0.1, -0.05) is 24.3 Å². The summed E-state index contributed by atoms with van der Waals surface area (Å²) in [5, 5.41) is 5.76. The van der Waals surface area contributed by atoms with E-state index in [0.717, 1.165) is 22.5 Å². The molecule has 174 valence electrons. The monoisotopic (exact) mass is 517 g/mol. The molecule has 1 aliphatic carbocycles. The number of para-hydroxylation sites is 4. The van der Waals surface area contributed by atoms with Gasteiger partial charge in [0.15, 0.2) is 11.5 Å². The van der Waals surface area contributed by atoms with Crippen LogP contribution >= 0.6 is 24.4 Å². The van der Waals surface area contributed by atoms with Crippen molar-refractivity contribution in [1.82, 2.24) is 9.97 Å². The molecule has 0 saturated carbocycles. The number of rotatable bonds is 3. The fourth-order valence-corrected chi connectivity index (χ4v) is 5.18. The number of halogens is 1. The predicted molar refractivity (Wildman–Crippen MR) is 148 cm³/mol. The molecule has 5 aromatic rings. The van der Waals surface area contributed by atoms with Crippen LogP contribution in [0.25, 0.3) is 33.3 Å². The molecule has 1 aliphatic heterocycles. The highest BCUT2D eigenvalue weighted by Gasteiger charge is 2.32. The number of aliphatic imine (C=N–C) groups is 2. The Bertz CT molecular complexity index is 1810. The van der Waals surface area contributed by atoms with E-state index in [1.807, 2.05) is 65.6 Å². The molecule has 0 spiro atoms. The lowest BCUT2D eigenvalue weighted by Crippen LogP contribution is -2.16. The molecule has 0 amide bonds. The first kappa shape index (κ1) is 21.6. The Morgan fingerprint density at radius 1 is 0.676 bits per heavy atom. The maximum absolute atomic E-state index is 15.8. The van der Waals surface area contributed by atoms with Gasteiger partial charge >= 0.3 is 0 Å². The van der Waals surface area contributed by atoms with Crippen molar-refractivity contribution in [3.63, 3.8) is 0 Å². The summed E-state index contributed by atoms with van der Waals surface area (Å²) in [5.41, 5.74) is 4.89. The summed E-state index contributed by atoms with van der Waals surface area (Å²) in [7, 11) is 0. The highest BCUT2D eigenvalue weighted by atomic mass is 32.1. The Kier molecular flexibility index (Phi) is 4.79. The molecular formula is C28H12FN5OS2. The molecule has 0 fully saturated rings. The van der Waals surface area contributed by atoms with Gasteiger partial charge < -0.3 is 9.64 Å². The standard InChI is InChI=1S/C28H12FN5OS2/c29-17-11-9-15-23-16(26-25(15)32-27(30-13-36)28(33-26)31-14-37)10-12-20(24(17)23)34-18-5-1-3-7-21(18)35-22-8-4-2-6-19(22)34/h1-12H. The normalized spacial score (nSPS) is 12.1. The van der Waals surface area contributed by atoms with E-state index in [-0.39, 0.29) is 17.5 Å². The molecule has 2 aliphatic rings. The van der Waals surface area contributed by atoms with Crippen LogP contribution in [0.3, 0.4) is 0 Å². The molecule has 4 aromatic carbocycles. The van der Waals surface area contributed by atoms with Gasteiger partial charge in [-0.3, -0.25) is 0 Å². The van der Waals surface area contributed by atoms with Gasteiger partial charge in [0.1, 0.15) is 5.82 Å². The van der Waals surface area contributed by atoms with E-state index in [0.29, 0.717) is 39.3 Å². The van der Waals surface area contributed by atoms with Crippen LogP contribution < -0.4 is 9.64 Å². The number of ether oxygens (including phenoxy) is 1. The molecule has 7 rings (SSSR count). The molecule has 0 saturated heterocycles. The summed E-state index contributed by atoms with van der Waals surface area (Å²) in [6.07, 6.45) is 0. The second kappa shape index (κ2) is 8.20. The zero-order valence-electron chi connectivity index (χ0n) is 18.8. The maximum atomic E-state index is 15.8. The van der Waals surface area contributed by atoms with Crippen molar-refractivity contribution < 1.29 is 9.13 Å². The number of aromatic nitrogens is 2. The van der Waals surface area contributed by atoms with Gasteiger partial charge in [-0.25, -0.2) is 14.4 Å². The fraction of sp³-hybridized carbons (Fsp3) is 0. The van der Waals surface area contributed by atoms with Crippen LogP contribution in [-0.4, -0.2) is 20.3 Å². The van der Waals surface area contributed by atoms with Gasteiger partial charge in [0.2, 0.25) is 11.6 Å². The van der Waals surface area contributed by atoms with Crippen LogP contribution in [-0.2, 0) is 0 Å². The van der Waals surface area contributed by atoms with Gasteiger partial charge in [0.25, 0.3) is 0 Å². The lowest BCUT2D eigenvalue weighted by atomic mass is 10.00. The minimum absolute atomic E-state index is 0.174. The molecule has 2 heterocycles. The second-order valence-corrected chi connectivity index (χ2v) is 8.69. The average Bonchev–Trinajstić information content (AvgIpc) is 3.23. The Labute approximate surface area is 220 Å². The molecule has 1 aromatic heterocycles. The molecule has 0 unspecified atom stereocenters. The van der Waals surface area contributed by atoms with Gasteiger partial charge in [-0.2, -0.15) is 9.98 Å². The van der Waals surface area contributed by atoms with Crippen molar-refractivity contribution in [3.8, 4) is 34.0 Å². The Morgan fingerprint density at radius 2 is 1.22 bits per heavy atom. The minimum Gasteiger partial charge on any atom is -0.453 e. The number of fused-ring (bicyclic) bond motifs is 5. The zero-order chi connectivity index (χ0) is 25.1. The van der Waals surface area contributed by atoms with Crippen molar-refractivity contribution in [2.75, 3.05) is 4.90 Å². The van der Waals surface area contributed by atoms with Gasteiger partial charge in [0, 0.05) is 21.9 Å². The third kappa shape index (κ3) is 3.10. The van der Waals surface area contributed by atoms with Crippen LogP contribution in [0, 0.1) is 5.82 Å². The number of anilines is 3. The van der Waals surface area contributed by atoms with Crippen molar-refractivity contribution >= 4 is 74.2 Å². The third-order valence-electron chi connectivity index (χ3n) is 6.43. The summed E-state index contributed by atoms with van der Waals surface area (Å²) in [6.45, 7) is 0. The van der Waals surface area contributed by atoms with Crippen LogP contribution in [0.1, 0.15) is 0 Å². The van der Waals surface area contributed by atoms with Gasteiger partial charge in [0.05, 0.1) is 38.8 Å². The Hall–Kier alpha value is -4.65. The molecule has 0 bridgehead atoms. The van der Waals surface area contributed by atoms with Gasteiger partial charge in [-0.15, -0.1) is 0 Å². The summed E-state index contributed by atoms with van der Waals surface area (Å²) in [5.74, 6) is 1.35. The van der Waals surface area contributed by atoms with Crippen molar-refractivity contribution in [2.45, 2.75) is 0 Å². The largest absolute Gasteiger partial charge is 0.453 e. The first-order valence-electron chi connectivity index (χ1n) is 11.2. The molecular weight excluding hydrogens is 505 g/mol. The zero-order valence-corrected chi connectivity index (χ0v) is 20.4. The topological polar surface area (TPSA) is 63.0 Å². The molecule has 9 heteroatoms. The van der Waals surface area contributed by atoms with E-state index in [1.165, 1.54) is 6.07 Å². The van der Waals surface area contributed by atoms with Crippen molar-refractivity contribution in [1.29, 1.82) is 0 Å². The smallest absolute Gasteiger partial charge is 0.209 e. The lowest BCUT2D eigenvalue weighted by molar-refractivity contribution is 0.477. The minimum atomic E-state index is -0.362. The fourth-order valence-electron chi connectivity index (χ4n) is 5.01. The molecule has 6 nitrogen and oxygen atoms in total. The SMILES string of the molecule is Fc1ccc2c3c(ccc(N4c5ccccc5Oc5ccccc54)c13)-c1nc(N=C=S)c(N=C=S)nc1-2. The number of thiocarbonyl (C=S) groups is 2. The number of hydrogen-bond acceptors (Lipinski definition) is 8. The molecule has 0 N–H and O–H groups in total. The number of nitrogens with zero attached hydrogens (tertiary/aromatic N) is 5. The highest BCUT2D eigenvalue weighted by molar-refractivity contribution is 7.78. The van der Waals surface area contributed by atoms with E-state index < -0.39 is 0 Å². The summed E-state index contributed by atoms with van der Waals surface area (Å²) < 4.78 is 21.9. The maximum Gasteiger partial charge on any atom is 0.209 e. The van der Waals surface area contributed by atoms with Crippen molar-refractivity contribution in [3.05, 3.63) is 78.6 Å². The number of hydrogen-bond donors (Lipinski definition) is 0. The Balaban J connectivity index is 1.55. The van der Waals surface area contributed by atoms with E-state index in [4.69, 9.17) is 29.2 Å². The lowest BCUT2D eigenvalue weighted by Gasteiger charge is -2.33. The molecule has 37 heavy (non-hydrogen) atoms. The van der Waals surface area contributed by atoms with E-state index in [2.05, 4.69) is 30.3 Å². The van der Waals surface area contributed by atoms with E-state index in [1.54, 1.807) is 6.07 Å². The van der Waals surface area contributed by atoms with E-state index in [9.17, 15) is 0 Å². The Morgan fingerprint density at radius 3 is 1.78 bits per heavy atom. The van der Waals surface area contributed by atoms with Crippen LogP contribution in [0.5, 0.6) is 11.5 Å².